The molecule has 11 heteroatoms. The van der Waals surface area contributed by atoms with Crippen molar-refractivity contribution in [2.24, 2.45) is 0 Å². The minimum atomic E-state index is -4.03. The van der Waals surface area contributed by atoms with Crippen LogP contribution in [0.2, 0.25) is 0 Å². The molecule has 5 rings (SSSR count). The molecule has 0 radical (unpaired) electrons. The Bertz CT molecular complexity index is 1950. The molecule has 0 fully saturated rings. The predicted molar refractivity (Wildman–Crippen MR) is 168 cm³/mol. The van der Waals surface area contributed by atoms with Gasteiger partial charge in [-0.1, -0.05) is 60.2 Å². The summed E-state index contributed by atoms with van der Waals surface area (Å²) >= 11 is 1.22. The third-order valence-electron chi connectivity index (χ3n) is 6.76. The van der Waals surface area contributed by atoms with Gasteiger partial charge in [-0.2, -0.15) is 0 Å². The molecule has 1 amide bonds. The lowest BCUT2D eigenvalue weighted by molar-refractivity contribution is 0.107. The molecule has 0 aliphatic heterocycles. The smallest absolute Gasteiger partial charge is 0.409 e. The van der Waals surface area contributed by atoms with Crippen LogP contribution in [-0.2, 0) is 21.4 Å². The third kappa shape index (κ3) is 6.72. The summed E-state index contributed by atoms with van der Waals surface area (Å²) in [5.41, 5.74) is 2.23. The Morgan fingerprint density at radius 2 is 1.77 bits per heavy atom. The first-order chi connectivity index (χ1) is 21.2. The average molecular weight is 630 g/mol. The van der Waals surface area contributed by atoms with Gasteiger partial charge in [0.25, 0.3) is 10.0 Å². The normalized spacial score (nSPS) is 11.2. The minimum Gasteiger partial charge on any atom is -0.454 e. The summed E-state index contributed by atoms with van der Waals surface area (Å²) in [6.45, 7) is 9.53. The lowest BCUT2D eigenvalue weighted by Gasteiger charge is -2.18. The number of ether oxygens (including phenoxy) is 2. The first-order valence-corrected chi connectivity index (χ1v) is 16.0. The fraction of sp³-hybridized carbons (Fsp3) is 0.152. The summed E-state index contributed by atoms with van der Waals surface area (Å²) in [6, 6.07) is 24.8. The van der Waals surface area contributed by atoms with Crippen LogP contribution < -0.4 is 4.74 Å². The van der Waals surface area contributed by atoms with Gasteiger partial charge in [0.05, 0.1) is 21.9 Å². The van der Waals surface area contributed by atoms with E-state index in [4.69, 9.17) is 16.0 Å². The van der Waals surface area contributed by atoms with Gasteiger partial charge in [0, 0.05) is 37.0 Å². The number of fused-ring (bicyclic) bond motifs is 1. The zero-order valence-corrected chi connectivity index (χ0v) is 25.6. The molecule has 0 spiro atoms. The number of aryl methyl sites for hydroxylation is 1. The summed E-state index contributed by atoms with van der Waals surface area (Å²) in [6.07, 6.45) is 0.876. The molecule has 4 aromatic carbocycles. The first kappa shape index (κ1) is 30.7. The van der Waals surface area contributed by atoms with Crippen molar-refractivity contribution in [3.8, 4) is 11.5 Å². The molecule has 0 aliphatic rings. The summed E-state index contributed by atoms with van der Waals surface area (Å²) in [5.74, 6) is -0.302. The summed E-state index contributed by atoms with van der Waals surface area (Å²) in [7, 11) is -2.43. The first-order valence-electron chi connectivity index (χ1n) is 13.5. The van der Waals surface area contributed by atoms with Crippen LogP contribution in [0.25, 0.3) is 15.7 Å². The Balaban J connectivity index is 1.45. The number of carbonyl (C=O) groups is 1. The van der Waals surface area contributed by atoms with Gasteiger partial charge < -0.3 is 14.4 Å². The summed E-state index contributed by atoms with van der Waals surface area (Å²) in [5, 5.41) is 0.456. The molecule has 1 heterocycles. The van der Waals surface area contributed by atoms with Crippen LogP contribution in [0.1, 0.15) is 11.1 Å². The van der Waals surface area contributed by atoms with Crippen LogP contribution in [0.15, 0.2) is 107 Å². The van der Waals surface area contributed by atoms with Gasteiger partial charge in [0.1, 0.15) is 12.4 Å². The highest BCUT2D eigenvalue weighted by Crippen LogP contribution is 2.42. The van der Waals surface area contributed by atoms with Crippen molar-refractivity contribution in [3.63, 3.8) is 0 Å². The fourth-order valence-corrected chi connectivity index (χ4v) is 6.89. The maximum absolute atomic E-state index is 15.8. The van der Waals surface area contributed by atoms with Gasteiger partial charge in [-0.3, -0.25) is 0 Å². The van der Waals surface area contributed by atoms with E-state index in [2.05, 4.69) is 4.85 Å². The highest BCUT2D eigenvalue weighted by molar-refractivity contribution is 7.99. The van der Waals surface area contributed by atoms with Crippen LogP contribution in [0, 0.1) is 19.3 Å². The van der Waals surface area contributed by atoms with E-state index in [0.29, 0.717) is 21.7 Å². The van der Waals surface area contributed by atoms with E-state index in [0.717, 1.165) is 21.2 Å². The largest absolute Gasteiger partial charge is 0.454 e. The second-order valence-electron chi connectivity index (χ2n) is 9.90. The van der Waals surface area contributed by atoms with Gasteiger partial charge in [-0.05, 0) is 42.8 Å². The number of halogens is 1. The number of rotatable bonds is 10. The molecule has 0 N–H and O–H groups in total. The SMILES string of the molecule is [C-]#[N+]c1cccc(Oc2c(F)cc3c(ccn3S(=O)(=O)c3ccc(C)cc3)c2SCCN(C)C(=O)OCc2ccccc2)c1. The molecule has 0 unspecified atom stereocenters. The van der Waals surface area contributed by atoms with E-state index in [9.17, 15) is 13.2 Å². The van der Waals surface area contributed by atoms with Crippen molar-refractivity contribution in [2.45, 2.75) is 23.3 Å². The van der Waals surface area contributed by atoms with Gasteiger partial charge >= 0.3 is 6.09 Å². The monoisotopic (exact) mass is 629 g/mol. The number of aromatic nitrogens is 1. The van der Waals surface area contributed by atoms with Crippen molar-refractivity contribution in [2.75, 3.05) is 19.3 Å². The van der Waals surface area contributed by atoms with Crippen molar-refractivity contribution in [3.05, 3.63) is 126 Å². The van der Waals surface area contributed by atoms with Gasteiger partial charge in [0.2, 0.25) is 0 Å². The van der Waals surface area contributed by atoms with Crippen molar-refractivity contribution in [1.29, 1.82) is 0 Å². The van der Waals surface area contributed by atoms with Crippen LogP contribution in [0.3, 0.4) is 0 Å². The standard InChI is InChI=1S/C33H28FN3O5S2/c1-23-12-14-27(15-13-23)44(39,40)37-17-16-28-30(37)21-29(34)31(42-26-11-7-10-25(20-26)35-2)32(28)43-19-18-36(3)33(38)41-22-24-8-5-4-6-9-24/h4-17,20-21H,18-19,22H2,1,3H3. The van der Waals surface area contributed by atoms with Gasteiger partial charge in [-0.25, -0.2) is 26.4 Å². The summed E-state index contributed by atoms with van der Waals surface area (Å²) < 4.78 is 55.3. The average Bonchev–Trinajstić information content (AvgIpc) is 3.46. The van der Waals surface area contributed by atoms with E-state index in [1.165, 1.54) is 41.1 Å². The lowest BCUT2D eigenvalue weighted by Crippen LogP contribution is -2.29. The van der Waals surface area contributed by atoms with Crippen molar-refractivity contribution >= 4 is 44.5 Å². The Hall–Kier alpha value is -4.79. The quantitative estimate of drug-likeness (QED) is 0.115. The molecule has 0 aliphatic carbocycles. The molecule has 1 aromatic heterocycles. The lowest BCUT2D eigenvalue weighted by atomic mass is 10.2. The zero-order valence-electron chi connectivity index (χ0n) is 23.9. The number of carbonyl (C=O) groups excluding carboxylic acids is 1. The van der Waals surface area contributed by atoms with Crippen molar-refractivity contribution < 1.29 is 27.1 Å². The Morgan fingerprint density at radius 3 is 2.50 bits per heavy atom. The van der Waals surface area contributed by atoms with E-state index in [1.54, 1.807) is 43.4 Å². The summed E-state index contributed by atoms with van der Waals surface area (Å²) in [4.78, 5) is 17.8. The predicted octanol–water partition coefficient (Wildman–Crippen LogP) is 8.03. The molecule has 0 bridgehead atoms. The number of amides is 1. The fourth-order valence-electron chi connectivity index (χ4n) is 4.39. The molecule has 224 valence electrons. The highest BCUT2D eigenvalue weighted by Gasteiger charge is 2.25. The van der Waals surface area contributed by atoms with Gasteiger partial charge in [0.15, 0.2) is 17.3 Å². The number of benzene rings is 4. The second kappa shape index (κ2) is 13.2. The molecule has 0 saturated carbocycles. The zero-order chi connectivity index (χ0) is 31.3. The number of nitrogens with zero attached hydrogens (tertiary/aromatic N) is 3. The number of thioether (sulfide) groups is 1. The Morgan fingerprint density at radius 1 is 1.02 bits per heavy atom. The maximum Gasteiger partial charge on any atom is 0.409 e. The molecular formula is C33H28FN3O5S2. The van der Waals surface area contributed by atoms with E-state index >= 15 is 4.39 Å². The topological polar surface area (TPSA) is 82.2 Å². The van der Waals surface area contributed by atoms with E-state index in [-0.39, 0.29) is 35.1 Å². The third-order valence-corrected chi connectivity index (χ3v) is 9.54. The second-order valence-corrected chi connectivity index (χ2v) is 12.8. The molecule has 0 saturated heterocycles. The van der Waals surface area contributed by atoms with E-state index < -0.39 is 21.9 Å². The maximum atomic E-state index is 15.8. The van der Waals surface area contributed by atoms with Crippen LogP contribution >= 0.6 is 11.8 Å². The molecule has 44 heavy (non-hydrogen) atoms. The molecule has 8 nitrogen and oxygen atoms in total. The van der Waals surface area contributed by atoms with Crippen molar-refractivity contribution in [1.82, 2.24) is 8.87 Å². The Labute approximate surface area is 259 Å². The number of hydrogen-bond donors (Lipinski definition) is 0. The molecule has 0 atom stereocenters. The van der Waals surface area contributed by atoms with Crippen LogP contribution in [0.4, 0.5) is 14.9 Å². The minimum absolute atomic E-state index is 0.0714. The van der Waals surface area contributed by atoms with E-state index in [1.807, 2.05) is 37.3 Å². The Kier molecular flexibility index (Phi) is 9.23. The van der Waals surface area contributed by atoms with Gasteiger partial charge in [-0.15, -0.1) is 11.8 Å². The highest BCUT2D eigenvalue weighted by atomic mass is 32.2. The van der Waals surface area contributed by atoms with Crippen LogP contribution in [-0.4, -0.2) is 42.7 Å². The molecular weight excluding hydrogens is 602 g/mol. The van der Waals surface area contributed by atoms with Crippen LogP contribution in [0.5, 0.6) is 11.5 Å². The number of hydrogen-bond acceptors (Lipinski definition) is 6. The molecule has 5 aromatic rings.